The van der Waals surface area contributed by atoms with Crippen molar-refractivity contribution < 1.29 is 0 Å². The van der Waals surface area contributed by atoms with Crippen LogP contribution in [0.25, 0.3) is 0 Å². The number of hydrogen-bond donors (Lipinski definition) is 1. The van der Waals surface area contributed by atoms with Gasteiger partial charge in [-0.1, -0.05) is 23.2 Å². The average molecular weight is 210 g/mol. The highest BCUT2D eigenvalue weighted by atomic mass is 35.5. The summed E-state index contributed by atoms with van der Waals surface area (Å²) in [5.41, 5.74) is 6.66. The minimum atomic E-state index is 0.137. The van der Waals surface area contributed by atoms with Crippen LogP contribution in [0.1, 0.15) is 12.5 Å². The zero-order valence-corrected chi connectivity index (χ0v) is 8.43. The first-order valence-corrected chi connectivity index (χ1v) is 4.86. The lowest BCUT2D eigenvalue weighted by atomic mass is 10.1. The SMILES string of the molecule is C[C@@H](N)Cc1cc(Cl)sc1Cl. The highest BCUT2D eigenvalue weighted by Crippen LogP contribution is 2.31. The van der Waals surface area contributed by atoms with Crippen LogP contribution in [0.3, 0.4) is 0 Å². The standard InChI is InChI=1S/C7H9Cl2NS/c1-4(10)2-5-3-6(8)11-7(5)9/h3-4H,2,10H2,1H3/t4-/m1/s1. The number of hydrogen-bond acceptors (Lipinski definition) is 2. The molecule has 0 bridgehead atoms. The van der Waals surface area contributed by atoms with Crippen LogP contribution in [0.15, 0.2) is 6.07 Å². The molecular weight excluding hydrogens is 201 g/mol. The second-order valence-corrected chi connectivity index (χ2v) is 4.82. The van der Waals surface area contributed by atoms with Gasteiger partial charge in [-0.05, 0) is 25.0 Å². The molecule has 0 aliphatic rings. The molecule has 0 aliphatic heterocycles. The molecule has 0 amide bonds. The fourth-order valence-corrected chi connectivity index (χ4v) is 2.37. The van der Waals surface area contributed by atoms with E-state index < -0.39 is 0 Å². The Morgan fingerprint density at radius 2 is 2.27 bits per heavy atom. The Hall–Kier alpha value is 0.240. The molecule has 0 saturated heterocycles. The lowest BCUT2D eigenvalue weighted by Crippen LogP contribution is -2.17. The molecule has 1 rings (SSSR count). The summed E-state index contributed by atoms with van der Waals surface area (Å²) in [6.07, 6.45) is 0.794. The maximum atomic E-state index is 5.87. The van der Waals surface area contributed by atoms with Crippen molar-refractivity contribution in [3.63, 3.8) is 0 Å². The van der Waals surface area contributed by atoms with Crippen LogP contribution in [0, 0.1) is 0 Å². The van der Waals surface area contributed by atoms with Crippen molar-refractivity contribution in [3.8, 4) is 0 Å². The molecular formula is C7H9Cl2NS. The van der Waals surface area contributed by atoms with Gasteiger partial charge in [0.25, 0.3) is 0 Å². The van der Waals surface area contributed by atoms with Crippen LogP contribution < -0.4 is 5.73 Å². The third kappa shape index (κ3) is 2.64. The van der Waals surface area contributed by atoms with Crippen LogP contribution in [-0.2, 0) is 6.42 Å². The Bertz CT molecular complexity index is 245. The van der Waals surface area contributed by atoms with E-state index in [0.29, 0.717) is 0 Å². The molecule has 0 saturated carbocycles. The summed E-state index contributed by atoms with van der Waals surface area (Å²) in [6.45, 7) is 1.95. The number of rotatable bonds is 2. The molecule has 0 aromatic carbocycles. The number of thiophene rings is 1. The molecule has 1 heterocycles. The van der Waals surface area contributed by atoms with Crippen molar-refractivity contribution in [2.75, 3.05) is 0 Å². The summed E-state index contributed by atoms with van der Waals surface area (Å²) in [7, 11) is 0. The smallest absolute Gasteiger partial charge is 0.0976 e. The van der Waals surface area contributed by atoms with Crippen LogP contribution in [0.5, 0.6) is 0 Å². The van der Waals surface area contributed by atoms with Crippen LogP contribution >= 0.6 is 34.5 Å². The molecule has 0 fully saturated rings. The van der Waals surface area contributed by atoms with Gasteiger partial charge in [0.1, 0.15) is 0 Å². The largest absolute Gasteiger partial charge is 0.328 e. The van der Waals surface area contributed by atoms with Gasteiger partial charge in [-0.25, -0.2) is 0 Å². The number of halogens is 2. The topological polar surface area (TPSA) is 26.0 Å². The second-order valence-electron chi connectivity index (χ2n) is 2.53. The monoisotopic (exact) mass is 209 g/mol. The lowest BCUT2D eigenvalue weighted by Gasteiger charge is -2.01. The minimum Gasteiger partial charge on any atom is -0.328 e. The lowest BCUT2D eigenvalue weighted by molar-refractivity contribution is 0.740. The van der Waals surface area contributed by atoms with E-state index in [9.17, 15) is 0 Å². The van der Waals surface area contributed by atoms with Crippen LogP contribution in [-0.4, -0.2) is 6.04 Å². The minimum absolute atomic E-state index is 0.137. The van der Waals surface area contributed by atoms with Crippen molar-refractivity contribution in [2.45, 2.75) is 19.4 Å². The van der Waals surface area contributed by atoms with Gasteiger partial charge in [-0.15, -0.1) is 11.3 Å². The summed E-state index contributed by atoms with van der Waals surface area (Å²) in [5, 5.41) is 0. The summed E-state index contributed by atoms with van der Waals surface area (Å²) < 4.78 is 1.48. The molecule has 1 nitrogen and oxygen atoms in total. The zero-order chi connectivity index (χ0) is 8.43. The molecule has 0 spiro atoms. The van der Waals surface area contributed by atoms with E-state index in [-0.39, 0.29) is 6.04 Å². The van der Waals surface area contributed by atoms with E-state index in [1.165, 1.54) is 11.3 Å². The van der Waals surface area contributed by atoms with Gasteiger partial charge in [0.2, 0.25) is 0 Å². The molecule has 4 heteroatoms. The summed E-state index contributed by atoms with van der Waals surface area (Å²) in [6, 6.07) is 2.01. The fourth-order valence-electron chi connectivity index (χ4n) is 0.860. The van der Waals surface area contributed by atoms with Gasteiger partial charge in [0.05, 0.1) is 8.67 Å². The third-order valence-corrected chi connectivity index (χ3v) is 2.84. The maximum Gasteiger partial charge on any atom is 0.0976 e. The molecule has 1 aromatic rings. The molecule has 62 valence electrons. The van der Waals surface area contributed by atoms with Gasteiger partial charge >= 0.3 is 0 Å². The Labute approximate surface area is 80.1 Å². The molecule has 0 radical (unpaired) electrons. The van der Waals surface area contributed by atoms with Crippen molar-refractivity contribution in [3.05, 3.63) is 20.3 Å². The predicted octanol–water partition coefficient (Wildman–Crippen LogP) is 2.94. The summed E-state index contributed by atoms with van der Waals surface area (Å²) >= 11 is 13.0. The molecule has 0 unspecified atom stereocenters. The van der Waals surface area contributed by atoms with Crippen molar-refractivity contribution in [1.82, 2.24) is 0 Å². The van der Waals surface area contributed by atoms with Crippen LogP contribution in [0.2, 0.25) is 8.67 Å². The summed E-state index contributed by atoms with van der Waals surface area (Å²) in [5.74, 6) is 0. The first-order chi connectivity index (χ1) is 5.09. The normalized spacial score (nSPS) is 13.5. The van der Waals surface area contributed by atoms with E-state index in [1.54, 1.807) is 0 Å². The van der Waals surface area contributed by atoms with Crippen LogP contribution in [0.4, 0.5) is 0 Å². The summed E-state index contributed by atoms with van der Waals surface area (Å²) in [4.78, 5) is 0. The highest BCUT2D eigenvalue weighted by molar-refractivity contribution is 7.20. The molecule has 1 aromatic heterocycles. The molecule has 2 N–H and O–H groups in total. The molecule has 11 heavy (non-hydrogen) atoms. The second kappa shape index (κ2) is 3.76. The zero-order valence-electron chi connectivity index (χ0n) is 6.10. The van der Waals surface area contributed by atoms with Crippen molar-refractivity contribution >= 4 is 34.5 Å². The first kappa shape index (κ1) is 9.33. The van der Waals surface area contributed by atoms with E-state index in [2.05, 4.69) is 0 Å². The quantitative estimate of drug-likeness (QED) is 0.797. The molecule has 0 aliphatic carbocycles. The highest BCUT2D eigenvalue weighted by Gasteiger charge is 2.06. The first-order valence-electron chi connectivity index (χ1n) is 3.29. The van der Waals surface area contributed by atoms with E-state index in [0.717, 1.165) is 20.7 Å². The van der Waals surface area contributed by atoms with Gasteiger partial charge in [0, 0.05) is 6.04 Å². The molecule has 1 atom stereocenters. The van der Waals surface area contributed by atoms with Gasteiger partial charge < -0.3 is 5.73 Å². The average Bonchev–Trinajstić information content (AvgIpc) is 2.09. The van der Waals surface area contributed by atoms with Gasteiger partial charge in [-0.3, -0.25) is 0 Å². The predicted molar refractivity (Wildman–Crippen MR) is 51.7 cm³/mol. The third-order valence-electron chi connectivity index (χ3n) is 1.27. The maximum absolute atomic E-state index is 5.87. The van der Waals surface area contributed by atoms with Gasteiger partial charge in [-0.2, -0.15) is 0 Å². The Kier molecular flexibility index (Phi) is 3.19. The number of nitrogens with two attached hydrogens (primary N) is 1. The Morgan fingerprint density at radius 3 is 2.64 bits per heavy atom. The van der Waals surface area contributed by atoms with E-state index in [1.807, 2.05) is 13.0 Å². The van der Waals surface area contributed by atoms with E-state index >= 15 is 0 Å². The Balaban J connectivity index is 2.77. The van der Waals surface area contributed by atoms with E-state index in [4.69, 9.17) is 28.9 Å². The van der Waals surface area contributed by atoms with Crippen molar-refractivity contribution in [1.29, 1.82) is 0 Å². The van der Waals surface area contributed by atoms with Crippen molar-refractivity contribution in [2.24, 2.45) is 5.73 Å². The Morgan fingerprint density at radius 1 is 1.64 bits per heavy atom. The van der Waals surface area contributed by atoms with Gasteiger partial charge in [0.15, 0.2) is 0 Å². The fraction of sp³-hybridized carbons (Fsp3) is 0.429.